The highest BCUT2D eigenvalue weighted by Gasteiger charge is 2.09. The van der Waals surface area contributed by atoms with Gasteiger partial charge in [-0.15, -0.1) is 0 Å². The zero-order valence-electron chi connectivity index (χ0n) is 18.6. The number of hydrogen-bond donors (Lipinski definition) is 4. The maximum atomic E-state index is 9.49. The van der Waals surface area contributed by atoms with Crippen LogP contribution in [0.15, 0.2) is 52.5 Å². The minimum Gasteiger partial charge on any atom is -0.394 e. The van der Waals surface area contributed by atoms with E-state index in [0.29, 0.717) is 8.58 Å². The van der Waals surface area contributed by atoms with Crippen molar-refractivity contribution in [2.45, 2.75) is 47.1 Å². The van der Waals surface area contributed by atoms with Crippen LogP contribution in [-0.4, -0.2) is 43.8 Å². The van der Waals surface area contributed by atoms with Crippen molar-refractivity contribution < 1.29 is 5.11 Å². The summed E-state index contributed by atoms with van der Waals surface area (Å²) in [5.41, 5.74) is 2.25. The van der Waals surface area contributed by atoms with Crippen molar-refractivity contribution in [3.05, 3.63) is 53.1 Å². The molecule has 0 saturated heterocycles. The van der Waals surface area contributed by atoms with Crippen LogP contribution in [0.2, 0.25) is 0 Å². The van der Waals surface area contributed by atoms with Gasteiger partial charge < -0.3 is 21.1 Å². The van der Waals surface area contributed by atoms with Crippen LogP contribution in [0.1, 0.15) is 39.7 Å². The van der Waals surface area contributed by atoms with E-state index in [2.05, 4.69) is 61.6 Å². The number of rotatable bonds is 9. The molecule has 1 aromatic rings. The van der Waals surface area contributed by atoms with Gasteiger partial charge in [-0.3, -0.25) is 0 Å². The fraction of sp³-hybridized carbons (Fsp3) is 0.500. The highest BCUT2D eigenvalue weighted by molar-refractivity contribution is 7.42. The second-order valence-electron chi connectivity index (χ2n) is 6.34. The SMILES string of the molecule is C/C=C/C(PC)=C(\N=C(/C)Nc1ccc(C)cc1)NC(CC)CO.CCNC. The smallest absolute Gasteiger partial charge is 0.135 e. The molecule has 2 unspecified atom stereocenters. The maximum Gasteiger partial charge on any atom is 0.135 e. The van der Waals surface area contributed by atoms with E-state index in [4.69, 9.17) is 4.99 Å². The number of nitrogens with zero attached hydrogens (tertiary/aromatic N) is 1. The molecule has 0 radical (unpaired) electrons. The Morgan fingerprint density at radius 3 is 2.29 bits per heavy atom. The lowest BCUT2D eigenvalue weighted by molar-refractivity contribution is 0.246. The molecule has 0 aliphatic rings. The molecule has 0 spiro atoms. The van der Waals surface area contributed by atoms with Gasteiger partial charge in [0.15, 0.2) is 0 Å². The average molecular weight is 407 g/mol. The van der Waals surface area contributed by atoms with Crippen LogP contribution in [-0.2, 0) is 0 Å². The molecular formula is C22H39N4OP. The van der Waals surface area contributed by atoms with E-state index in [1.165, 1.54) is 5.56 Å². The molecule has 2 atom stereocenters. The fourth-order valence-electron chi connectivity index (χ4n) is 2.13. The maximum absolute atomic E-state index is 9.49. The monoisotopic (exact) mass is 406 g/mol. The molecule has 5 nitrogen and oxygen atoms in total. The lowest BCUT2D eigenvalue weighted by atomic mass is 10.2. The summed E-state index contributed by atoms with van der Waals surface area (Å²) in [6.45, 7) is 13.4. The van der Waals surface area contributed by atoms with Crippen LogP contribution >= 0.6 is 8.58 Å². The number of allylic oxidation sites excluding steroid dienone is 3. The van der Waals surface area contributed by atoms with Gasteiger partial charge in [-0.25, -0.2) is 4.99 Å². The number of aliphatic imine (C=N–C) groups is 1. The molecule has 0 aromatic heterocycles. The lowest BCUT2D eigenvalue weighted by Gasteiger charge is -2.19. The van der Waals surface area contributed by atoms with Crippen molar-refractivity contribution in [1.82, 2.24) is 10.6 Å². The second-order valence-corrected chi connectivity index (χ2v) is 7.38. The Balaban J connectivity index is 0.00000165. The first kappa shape index (κ1) is 26.3. The van der Waals surface area contributed by atoms with Crippen LogP contribution < -0.4 is 16.0 Å². The van der Waals surface area contributed by atoms with E-state index in [1.807, 2.05) is 39.1 Å². The Kier molecular flexibility index (Phi) is 15.3. The van der Waals surface area contributed by atoms with Crippen LogP contribution in [0.5, 0.6) is 0 Å². The Bertz CT molecular complexity index is 618. The Hall–Kier alpha value is -1.68. The third-order valence-corrected chi connectivity index (χ3v) is 4.86. The summed E-state index contributed by atoms with van der Waals surface area (Å²) in [7, 11) is 2.55. The molecule has 1 aromatic carbocycles. The Labute approximate surface area is 173 Å². The molecule has 0 fully saturated rings. The minimum absolute atomic E-state index is 0.00697. The van der Waals surface area contributed by atoms with E-state index >= 15 is 0 Å². The standard InChI is InChI=1S/C19H30N3OP.C3H9N/c1-6-8-18(24-5)19(22-16(7-2)13-23)21-15(4)20-17-11-9-14(3)10-12-17;1-3-4-2/h6,8-12,16,22-24H,7,13H2,1-5H3,(H,20,21);4H,3H2,1-2H3/b8-6+,19-18-;. The molecule has 0 amide bonds. The normalized spacial score (nSPS) is 13.9. The lowest BCUT2D eigenvalue weighted by Crippen LogP contribution is -2.31. The quantitative estimate of drug-likeness (QED) is 0.211. The number of hydrogen-bond acceptors (Lipinski definition) is 4. The van der Waals surface area contributed by atoms with E-state index in [0.717, 1.165) is 35.6 Å². The van der Waals surface area contributed by atoms with Crippen molar-refractivity contribution in [2.24, 2.45) is 4.99 Å². The summed E-state index contributed by atoms with van der Waals surface area (Å²) in [6.07, 6.45) is 4.94. The number of anilines is 1. The summed E-state index contributed by atoms with van der Waals surface area (Å²) < 4.78 is 0. The van der Waals surface area contributed by atoms with Crippen LogP contribution in [0.4, 0.5) is 5.69 Å². The number of benzene rings is 1. The van der Waals surface area contributed by atoms with Gasteiger partial charge in [0.05, 0.1) is 12.6 Å². The Morgan fingerprint density at radius 2 is 1.86 bits per heavy atom. The highest BCUT2D eigenvalue weighted by atomic mass is 31.1. The summed E-state index contributed by atoms with van der Waals surface area (Å²) in [4.78, 5) is 4.74. The fourth-order valence-corrected chi connectivity index (χ4v) is 2.83. The number of aliphatic hydroxyl groups excluding tert-OH is 1. The van der Waals surface area contributed by atoms with E-state index in [1.54, 1.807) is 0 Å². The topological polar surface area (TPSA) is 68.7 Å². The largest absolute Gasteiger partial charge is 0.394 e. The molecule has 4 N–H and O–H groups in total. The van der Waals surface area contributed by atoms with Gasteiger partial charge in [0.2, 0.25) is 0 Å². The molecular weight excluding hydrogens is 367 g/mol. The van der Waals surface area contributed by atoms with Crippen LogP contribution in [0.25, 0.3) is 0 Å². The zero-order chi connectivity index (χ0) is 21.4. The molecule has 0 saturated carbocycles. The molecule has 0 heterocycles. The number of aryl methyl sites for hydroxylation is 1. The highest BCUT2D eigenvalue weighted by Crippen LogP contribution is 2.25. The van der Waals surface area contributed by atoms with E-state index in [9.17, 15) is 5.11 Å². The zero-order valence-corrected chi connectivity index (χ0v) is 19.6. The molecule has 6 heteroatoms. The molecule has 0 aliphatic heterocycles. The summed E-state index contributed by atoms with van der Waals surface area (Å²) in [5.74, 6) is 1.64. The van der Waals surface area contributed by atoms with Gasteiger partial charge in [0.25, 0.3) is 0 Å². The third-order valence-electron chi connectivity index (χ3n) is 3.92. The van der Waals surface area contributed by atoms with Crippen molar-refractivity contribution in [3.63, 3.8) is 0 Å². The first-order valence-corrected chi connectivity index (χ1v) is 11.4. The summed E-state index contributed by atoms with van der Waals surface area (Å²) >= 11 is 0. The third kappa shape index (κ3) is 11.2. The molecule has 28 heavy (non-hydrogen) atoms. The minimum atomic E-state index is 0.00697. The van der Waals surface area contributed by atoms with Gasteiger partial charge in [-0.2, -0.15) is 0 Å². The van der Waals surface area contributed by atoms with E-state index in [-0.39, 0.29) is 12.6 Å². The predicted octanol–water partition coefficient (Wildman–Crippen LogP) is 4.47. The van der Waals surface area contributed by atoms with E-state index < -0.39 is 0 Å². The van der Waals surface area contributed by atoms with Crippen molar-refractivity contribution >= 4 is 20.1 Å². The van der Waals surface area contributed by atoms with Gasteiger partial charge in [-0.1, -0.05) is 52.3 Å². The average Bonchev–Trinajstić information content (AvgIpc) is 2.71. The van der Waals surface area contributed by atoms with Gasteiger partial charge in [0.1, 0.15) is 11.7 Å². The first-order valence-electron chi connectivity index (χ1n) is 9.91. The van der Waals surface area contributed by atoms with Gasteiger partial charge in [-0.05, 0) is 59.6 Å². The van der Waals surface area contributed by atoms with Gasteiger partial charge >= 0.3 is 0 Å². The molecule has 0 aliphatic carbocycles. The van der Waals surface area contributed by atoms with Crippen LogP contribution in [0.3, 0.4) is 0 Å². The van der Waals surface area contributed by atoms with Crippen molar-refractivity contribution in [1.29, 1.82) is 0 Å². The molecule has 0 bridgehead atoms. The molecule has 158 valence electrons. The number of nitrogens with one attached hydrogen (secondary N) is 3. The predicted molar refractivity (Wildman–Crippen MR) is 128 cm³/mol. The van der Waals surface area contributed by atoms with Crippen molar-refractivity contribution in [3.8, 4) is 0 Å². The summed E-state index contributed by atoms with van der Waals surface area (Å²) in [5, 5.41) is 20.3. The number of aliphatic hydroxyl groups is 1. The molecule has 1 rings (SSSR count). The van der Waals surface area contributed by atoms with Gasteiger partial charge in [0, 0.05) is 11.0 Å². The second kappa shape index (κ2) is 16.3. The summed E-state index contributed by atoms with van der Waals surface area (Å²) in [6, 6.07) is 8.24. The van der Waals surface area contributed by atoms with Crippen LogP contribution in [0, 0.1) is 6.92 Å². The van der Waals surface area contributed by atoms with Crippen molar-refractivity contribution in [2.75, 3.05) is 32.2 Å². The Morgan fingerprint density at radius 1 is 1.25 bits per heavy atom. The first-order chi connectivity index (χ1) is 13.4. The number of amidine groups is 1.